The second-order valence-electron chi connectivity index (χ2n) is 4.30. The highest BCUT2D eigenvalue weighted by atomic mass is 16.7. The molecule has 1 rings (SSSR count). The fourth-order valence-electron chi connectivity index (χ4n) is 1.98. The first-order valence-corrected chi connectivity index (χ1v) is 6.08. The van der Waals surface area contributed by atoms with Crippen molar-refractivity contribution in [1.29, 1.82) is 0 Å². The molecule has 0 aromatic carbocycles. The standard InChI is InChI=1S/C11H20N2O4/c14-10(15)8-17-13-11(16)12-9-6-4-2-1-3-5-7-9/h9H,1-8H2,(H,14,15)(H2,12,13,16). The Hall–Kier alpha value is -1.30. The van der Waals surface area contributed by atoms with Crippen LogP contribution in [0, 0.1) is 0 Å². The Kier molecular flexibility index (Phi) is 6.39. The van der Waals surface area contributed by atoms with Gasteiger partial charge < -0.3 is 10.4 Å². The predicted octanol–water partition coefficient (Wildman–Crippen LogP) is 1.41. The van der Waals surface area contributed by atoms with Crippen LogP contribution in [0.15, 0.2) is 0 Å². The molecule has 3 N–H and O–H groups in total. The summed E-state index contributed by atoms with van der Waals surface area (Å²) in [4.78, 5) is 26.0. The highest BCUT2D eigenvalue weighted by molar-refractivity contribution is 5.73. The van der Waals surface area contributed by atoms with Crippen molar-refractivity contribution in [1.82, 2.24) is 10.8 Å². The van der Waals surface area contributed by atoms with Gasteiger partial charge in [0.25, 0.3) is 0 Å². The van der Waals surface area contributed by atoms with Crippen LogP contribution in [0.25, 0.3) is 0 Å². The molecular formula is C11H20N2O4. The molecule has 0 radical (unpaired) electrons. The number of aliphatic carboxylic acids is 1. The molecule has 0 aromatic heterocycles. The van der Waals surface area contributed by atoms with Crippen LogP contribution in [0.5, 0.6) is 0 Å². The first-order chi connectivity index (χ1) is 8.18. The van der Waals surface area contributed by atoms with E-state index in [1.165, 1.54) is 19.3 Å². The summed E-state index contributed by atoms with van der Waals surface area (Å²) in [5.74, 6) is -1.11. The molecule has 1 aliphatic rings. The summed E-state index contributed by atoms with van der Waals surface area (Å²) in [5.41, 5.74) is 2.07. The molecule has 0 aliphatic heterocycles. The summed E-state index contributed by atoms with van der Waals surface area (Å²) < 4.78 is 0. The number of urea groups is 1. The molecule has 0 spiro atoms. The van der Waals surface area contributed by atoms with E-state index in [0.717, 1.165) is 25.7 Å². The van der Waals surface area contributed by atoms with E-state index in [9.17, 15) is 9.59 Å². The Balaban J connectivity index is 2.16. The number of carbonyl (C=O) groups excluding carboxylic acids is 1. The summed E-state index contributed by atoms with van der Waals surface area (Å²) in [6.45, 7) is -0.530. The van der Waals surface area contributed by atoms with Gasteiger partial charge in [0.05, 0.1) is 0 Å². The zero-order valence-corrected chi connectivity index (χ0v) is 9.91. The van der Waals surface area contributed by atoms with Gasteiger partial charge in [0, 0.05) is 6.04 Å². The molecule has 6 nitrogen and oxygen atoms in total. The fraction of sp³-hybridized carbons (Fsp3) is 0.818. The summed E-state index contributed by atoms with van der Waals surface area (Å²) in [6, 6.07) is -0.291. The molecule has 0 aromatic rings. The van der Waals surface area contributed by atoms with E-state index < -0.39 is 18.6 Å². The number of carbonyl (C=O) groups is 2. The normalized spacial score (nSPS) is 17.9. The molecule has 0 saturated heterocycles. The van der Waals surface area contributed by atoms with E-state index in [4.69, 9.17) is 5.11 Å². The molecule has 1 saturated carbocycles. The third kappa shape index (κ3) is 6.78. The van der Waals surface area contributed by atoms with Crippen molar-refractivity contribution in [3.05, 3.63) is 0 Å². The molecule has 98 valence electrons. The third-order valence-electron chi connectivity index (χ3n) is 2.80. The quantitative estimate of drug-likeness (QED) is 0.652. The highest BCUT2D eigenvalue weighted by Crippen LogP contribution is 2.16. The lowest BCUT2D eigenvalue weighted by Gasteiger charge is -2.20. The van der Waals surface area contributed by atoms with Crippen molar-refractivity contribution in [3.63, 3.8) is 0 Å². The summed E-state index contributed by atoms with van der Waals surface area (Å²) >= 11 is 0. The Morgan fingerprint density at radius 1 is 1.12 bits per heavy atom. The van der Waals surface area contributed by atoms with Crippen LogP contribution in [0.3, 0.4) is 0 Å². The van der Waals surface area contributed by atoms with Gasteiger partial charge in [-0.05, 0) is 12.8 Å². The van der Waals surface area contributed by atoms with Crippen LogP contribution in [0.1, 0.15) is 44.9 Å². The number of nitrogens with one attached hydrogen (secondary N) is 2. The molecule has 1 aliphatic carbocycles. The topological polar surface area (TPSA) is 87.7 Å². The lowest BCUT2D eigenvalue weighted by Crippen LogP contribution is -2.42. The monoisotopic (exact) mass is 244 g/mol. The molecule has 17 heavy (non-hydrogen) atoms. The van der Waals surface area contributed by atoms with Gasteiger partial charge in [0.15, 0.2) is 6.61 Å². The maximum absolute atomic E-state index is 11.4. The number of amides is 2. The van der Waals surface area contributed by atoms with Gasteiger partial charge in [0.1, 0.15) is 0 Å². The minimum absolute atomic E-state index is 0.170. The predicted molar refractivity (Wildman–Crippen MR) is 61.4 cm³/mol. The van der Waals surface area contributed by atoms with Crippen molar-refractivity contribution >= 4 is 12.0 Å². The molecule has 0 atom stereocenters. The number of hydroxylamine groups is 1. The average molecular weight is 244 g/mol. The minimum Gasteiger partial charge on any atom is -0.479 e. The van der Waals surface area contributed by atoms with E-state index >= 15 is 0 Å². The molecular weight excluding hydrogens is 224 g/mol. The van der Waals surface area contributed by atoms with E-state index in [-0.39, 0.29) is 6.04 Å². The van der Waals surface area contributed by atoms with Crippen LogP contribution in [0.4, 0.5) is 4.79 Å². The molecule has 0 unspecified atom stereocenters. The highest BCUT2D eigenvalue weighted by Gasteiger charge is 2.13. The van der Waals surface area contributed by atoms with Gasteiger partial charge in [-0.1, -0.05) is 32.1 Å². The van der Waals surface area contributed by atoms with E-state index in [1.54, 1.807) is 0 Å². The van der Waals surface area contributed by atoms with E-state index in [0.29, 0.717) is 0 Å². The Bertz CT molecular complexity index is 250. The lowest BCUT2D eigenvalue weighted by molar-refractivity contribution is -0.144. The molecule has 0 heterocycles. The fourth-order valence-corrected chi connectivity index (χ4v) is 1.98. The maximum atomic E-state index is 11.4. The molecule has 2 amide bonds. The van der Waals surface area contributed by atoms with E-state index in [1.807, 2.05) is 0 Å². The first-order valence-electron chi connectivity index (χ1n) is 6.08. The van der Waals surface area contributed by atoms with Crippen LogP contribution in [-0.4, -0.2) is 29.8 Å². The second-order valence-corrected chi connectivity index (χ2v) is 4.30. The maximum Gasteiger partial charge on any atom is 0.338 e. The number of rotatable bonds is 4. The van der Waals surface area contributed by atoms with Crippen LogP contribution < -0.4 is 10.8 Å². The van der Waals surface area contributed by atoms with Gasteiger partial charge in [-0.25, -0.2) is 15.1 Å². The Morgan fingerprint density at radius 2 is 1.71 bits per heavy atom. The second kappa shape index (κ2) is 7.89. The minimum atomic E-state index is -1.11. The molecule has 6 heteroatoms. The van der Waals surface area contributed by atoms with Crippen molar-refractivity contribution in [2.75, 3.05) is 6.61 Å². The van der Waals surface area contributed by atoms with Crippen LogP contribution in [-0.2, 0) is 9.63 Å². The number of carboxylic acids is 1. The number of hydrogen-bond donors (Lipinski definition) is 3. The van der Waals surface area contributed by atoms with Gasteiger partial charge in [0.2, 0.25) is 0 Å². The van der Waals surface area contributed by atoms with Crippen LogP contribution >= 0.6 is 0 Å². The lowest BCUT2D eigenvalue weighted by atomic mass is 9.97. The van der Waals surface area contributed by atoms with Gasteiger partial charge in [-0.2, -0.15) is 0 Å². The number of hydrogen-bond acceptors (Lipinski definition) is 3. The van der Waals surface area contributed by atoms with Gasteiger partial charge in [-0.3, -0.25) is 4.84 Å². The summed E-state index contributed by atoms with van der Waals surface area (Å²) in [6.07, 6.45) is 7.92. The molecule has 0 bridgehead atoms. The van der Waals surface area contributed by atoms with Gasteiger partial charge in [-0.15, -0.1) is 0 Å². The zero-order valence-electron chi connectivity index (χ0n) is 9.91. The van der Waals surface area contributed by atoms with Crippen molar-refractivity contribution < 1.29 is 19.5 Å². The smallest absolute Gasteiger partial charge is 0.338 e. The largest absolute Gasteiger partial charge is 0.479 e. The Labute approximate surface area is 101 Å². The average Bonchev–Trinajstić information content (AvgIpc) is 2.21. The molecule has 1 fully saturated rings. The summed E-state index contributed by atoms with van der Waals surface area (Å²) in [5, 5.41) is 11.1. The Morgan fingerprint density at radius 3 is 2.29 bits per heavy atom. The van der Waals surface area contributed by atoms with Crippen molar-refractivity contribution in [2.24, 2.45) is 0 Å². The van der Waals surface area contributed by atoms with Crippen molar-refractivity contribution in [2.45, 2.75) is 51.0 Å². The van der Waals surface area contributed by atoms with Crippen LogP contribution in [0.2, 0.25) is 0 Å². The SMILES string of the molecule is O=C(O)CONC(=O)NC1CCCCCCC1. The number of carboxylic acid groups (broad SMARTS) is 1. The first kappa shape index (κ1) is 13.8. The van der Waals surface area contributed by atoms with Crippen molar-refractivity contribution in [3.8, 4) is 0 Å². The van der Waals surface area contributed by atoms with Gasteiger partial charge >= 0.3 is 12.0 Å². The third-order valence-corrected chi connectivity index (χ3v) is 2.80. The van der Waals surface area contributed by atoms with E-state index in [2.05, 4.69) is 15.6 Å². The zero-order chi connectivity index (χ0) is 12.5. The summed E-state index contributed by atoms with van der Waals surface area (Å²) in [7, 11) is 0.